The van der Waals surface area contributed by atoms with E-state index in [0.717, 1.165) is 6.42 Å². The molecule has 186 valence electrons. The van der Waals surface area contributed by atoms with Crippen LogP contribution in [-0.4, -0.2) is 54.2 Å². The minimum Gasteiger partial charge on any atom is -0.481 e. The Kier molecular flexibility index (Phi) is 7.43. The van der Waals surface area contributed by atoms with Crippen molar-refractivity contribution in [3.05, 3.63) is 59.7 Å². The van der Waals surface area contributed by atoms with Gasteiger partial charge in [0.1, 0.15) is 6.61 Å². The maximum atomic E-state index is 12.9. The Morgan fingerprint density at radius 1 is 1.03 bits per heavy atom. The molecule has 2 aromatic rings. The number of benzene rings is 2. The van der Waals surface area contributed by atoms with Crippen LogP contribution >= 0.6 is 0 Å². The maximum absolute atomic E-state index is 12.9. The van der Waals surface area contributed by atoms with E-state index in [2.05, 4.69) is 29.6 Å². The number of carboxylic acids is 1. The average Bonchev–Trinajstić information content (AvgIpc) is 3.12. The minimum absolute atomic E-state index is 0.0148. The van der Waals surface area contributed by atoms with E-state index in [9.17, 15) is 14.4 Å². The molecule has 0 radical (unpaired) electrons. The zero-order chi connectivity index (χ0) is 25.0. The van der Waals surface area contributed by atoms with E-state index in [4.69, 9.17) is 9.84 Å². The maximum Gasteiger partial charge on any atom is 0.407 e. The number of likely N-dealkylation sites (tertiary alicyclic amines) is 1. The zero-order valence-corrected chi connectivity index (χ0v) is 20.5. The third-order valence-electron chi connectivity index (χ3n) is 7.19. The van der Waals surface area contributed by atoms with E-state index in [-0.39, 0.29) is 24.9 Å². The van der Waals surface area contributed by atoms with E-state index in [0.29, 0.717) is 38.4 Å². The van der Waals surface area contributed by atoms with Gasteiger partial charge in [-0.05, 0) is 47.4 Å². The molecule has 4 rings (SSSR count). The van der Waals surface area contributed by atoms with E-state index in [1.54, 1.807) is 0 Å². The van der Waals surface area contributed by atoms with Gasteiger partial charge in [0.2, 0.25) is 5.91 Å². The number of hydrogen-bond donors (Lipinski definition) is 2. The predicted octanol–water partition coefficient (Wildman–Crippen LogP) is 4.65. The summed E-state index contributed by atoms with van der Waals surface area (Å²) in [7, 11) is 0. The molecule has 2 aromatic carbocycles. The number of carboxylic acid groups (broad SMARTS) is 1. The van der Waals surface area contributed by atoms with Gasteiger partial charge in [0.05, 0.1) is 0 Å². The predicted molar refractivity (Wildman–Crippen MR) is 133 cm³/mol. The molecule has 0 aromatic heterocycles. The first kappa shape index (κ1) is 24.8. The standard InChI is InChI=1S/C28H34N2O5/c1-28(2,26(33)30-16-19(17-30)8-7-13-25(31)32)14-15-29-27(34)35-18-24-22-11-5-3-9-20(22)21-10-4-6-12-23(21)24/h3-6,9-12,19,24H,7-8,13-18H2,1-2H3,(H,29,34)(H,31,32). The van der Waals surface area contributed by atoms with Gasteiger partial charge in [-0.1, -0.05) is 62.4 Å². The van der Waals surface area contributed by atoms with Crippen molar-refractivity contribution in [1.29, 1.82) is 0 Å². The van der Waals surface area contributed by atoms with Gasteiger partial charge in [-0.25, -0.2) is 4.79 Å². The Bertz CT molecular complexity index is 1040. The summed E-state index contributed by atoms with van der Waals surface area (Å²) >= 11 is 0. The largest absolute Gasteiger partial charge is 0.481 e. The van der Waals surface area contributed by atoms with Crippen LogP contribution in [0, 0.1) is 11.3 Å². The van der Waals surface area contributed by atoms with Gasteiger partial charge in [-0.2, -0.15) is 0 Å². The van der Waals surface area contributed by atoms with Crippen molar-refractivity contribution in [2.75, 3.05) is 26.2 Å². The molecule has 0 unspecified atom stereocenters. The molecule has 2 amide bonds. The smallest absolute Gasteiger partial charge is 0.407 e. The normalized spacial score (nSPS) is 15.2. The van der Waals surface area contributed by atoms with Crippen molar-refractivity contribution in [2.45, 2.75) is 45.4 Å². The van der Waals surface area contributed by atoms with E-state index in [1.807, 2.05) is 43.0 Å². The zero-order valence-electron chi connectivity index (χ0n) is 20.5. The lowest BCUT2D eigenvalue weighted by Crippen LogP contribution is -2.54. The summed E-state index contributed by atoms with van der Waals surface area (Å²) in [6, 6.07) is 16.4. The quantitative estimate of drug-likeness (QED) is 0.518. The highest BCUT2D eigenvalue weighted by Gasteiger charge is 2.38. The summed E-state index contributed by atoms with van der Waals surface area (Å²) in [6.07, 6.45) is 1.70. The van der Waals surface area contributed by atoms with Gasteiger partial charge < -0.3 is 20.1 Å². The fourth-order valence-electron chi connectivity index (χ4n) is 5.12. The fourth-order valence-corrected chi connectivity index (χ4v) is 5.12. The number of rotatable bonds is 10. The van der Waals surface area contributed by atoms with Crippen molar-refractivity contribution in [3.8, 4) is 11.1 Å². The van der Waals surface area contributed by atoms with E-state index < -0.39 is 17.5 Å². The second kappa shape index (κ2) is 10.5. The highest BCUT2D eigenvalue weighted by molar-refractivity contribution is 5.83. The second-order valence-electron chi connectivity index (χ2n) is 10.2. The molecule has 0 spiro atoms. The van der Waals surface area contributed by atoms with Crippen LogP contribution in [0.2, 0.25) is 0 Å². The third-order valence-corrected chi connectivity index (χ3v) is 7.19. The van der Waals surface area contributed by atoms with Crippen molar-refractivity contribution in [1.82, 2.24) is 10.2 Å². The Hall–Kier alpha value is -3.35. The first-order valence-corrected chi connectivity index (χ1v) is 12.4. The summed E-state index contributed by atoms with van der Waals surface area (Å²) in [5.74, 6) is -0.308. The Labute approximate surface area is 206 Å². The lowest BCUT2D eigenvalue weighted by atomic mass is 9.84. The van der Waals surface area contributed by atoms with Crippen LogP contribution in [-0.2, 0) is 14.3 Å². The van der Waals surface area contributed by atoms with Gasteiger partial charge in [0.15, 0.2) is 0 Å². The molecular formula is C28H34N2O5. The monoisotopic (exact) mass is 478 g/mol. The van der Waals surface area contributed by atoms with Crippen molar-refractivity contribution >= 4 is 18.0 Å². The van der Waals surface area contributed by atoms with Gasteiger partial charge in [0.25, 0.3) is 0 Å². The molecule has 1 aliphatic heterocycles. The van der Waals surface area contributed by atoms with Crippen LogP contribution in [0.5, 0.6) is 0 Å². The summed E-state index contributed by atoms with van der Waals surface area (Å²) < 4.78 is 5.58. The second-order valence-corrected chi connectivity index (χ2v) is 10.2. The molecule has 7 heteroatoms. The van der Waals surface area contributed by atoms with Crippen LogP contribution in [0.25, 0.3) is 11.1 Å². The fraction of sp³-hybridized carbons (Fsp3) is 0.464. The molecule has 2 aliphatic rings. The lowest BCUT2D eigenvalue weighted by Gasteiger charge is -2.43. The number of amides is 2. The Morgan fingerprint density at radius 3 is 2.23 bits per heavy atom. The number of fused-ring (bicyclic) bond motifs is 3. The number of carbonyl (C=O) groups is 3. The third kappa shape index (κ3) is 5.66. The molecule has 1 fully saturated rings. The first-order chi connectivity index (χ1) is 16.8. The number of alkyl carbamates (subject to hydrolysis) is 1. The number of hydrogen-bond acceptors (Lipinski definition) is 4. The van der Waals surface area contributed by atoms with Gasteiger partial charge in [-0.15, -0.1) is 0 Å². The molecule has 1 saturated heterocycles. The topological polar surface area (TPSA) is 95.9 Å². The SMILES string of the molecule is CC(C)(CCNC(=O)OCC1c2ccccc2-c2ccccc21)C(=O)N1CC(CCCC(=O)O)C1. The van der Waals surface area contributed by atoms with Gasteiger partial charge >= 0.3 is 12.1 Å². The number of aliphatic carboxylic acids is 1. The summed E-state index contributed by atoms with van der Waals surface area (Å²) in [4.78, 5) is 37.7. The van der Waals surface area contributed by atoms with Crippen LogP contribution in [0.15, 0.2) is 48.5 Å². The molecule has 0 atom stereocenters. The van der Waals surface area contributed by atoms with Crippen LogP contribution in [0.3, 0.4) is 0 Å². The number of carbonyl (C=O) groups excluding carboxylic acids is 2. The highest BCUT2D eigenvalue weighted by Crippen LogP contribution is 2.44. The first-order valence-electron chi connectivity index (χ1n) is 12.4. The van der Waals surface area contributed by atoms with Crippen molar-refractivity contribution < 1.29 is 24.2 Å². The van der Waals surface area contributed by atoms with Crippen LogP contribution in [0.1, 0.15) is 56.6 Å². The van der Waals surface area contributed by atoms with Crippen LogP contribution < -0.4 is 5.32 Å². The Morgan fingerprint density at radius 2 is 1.63 bits per heavy atom. The molecule has 1 aliphatic carbocycles. The lowest BCUT2D eigenvalue weighted by molar-refractivity contribution is -0.147. The number of nitrogens with one attached hydrogen (secondary N) is 1. The average molecular weight is 479 g/mol. The Balaban J connectivity index is 1.20. The van der Waals surface area contributed by atoms with E-state index in [1.165, 1.54) is 22.3 Å². The van der Waals surface area contributed by atoms with Gasteiger partial charge in [-0.3, -0.25) is 9.59 Å². The highest BCUT2D eigenvalue weighted by atomic mass is 16.5. The van der Waals surface area contributed by atoms with Crippen LogP contribution in [0.4, 0.5) is 4.79 Å². The van der Waals surface area contributed by atoms with E-state index >= 15 is 0 Å². The molecule has 7 nitrogen and oxygen atoms in total. The molecule has 0 saturated carbocycles. The summed E-state index contributed by atoms with van der Waals surface area (Å²) in [5.41, 5.74) is 4.12. The summed E-state index contributed by atoms with van der Waals surface area (Å²) in [6.45, 7) is 5.77. The molecular weight excluding hydrogens is 444 g/mol. The van der Waals surface area contributed by atoms with Crippen molar-refractivity contribution in [3.63, 3.8) is 0 Å². The minimum atomic E-state index is -0.776. The molecule has 2 N–H and O–H groups in total. The number of ether oxygens (including phenoxy) is 1. The van der Waals surface area contributed by atoms with Gasteiger partial charge in [0, 0.05) is 37.4 Å². The van der Waals surface area contributed by atoms with Crippen molar-refractivity contribution in [2.24, 2.45) is 11.3 Å². The number of nitrogens with zero attached hydrogens (tertiary/aromatic N) is 1. The summed E-state index contributed by atoms with van der Waals surface area (Å²) in [5, 5.41) is 11.5. The molecule has 0 bridgehead atoms. The molecule has 35 heavy (non-hydrogen) atoms. The molecule has 1 heterocycles.